The van der Waals surface area contributed by atoms with Crippen LogP contribution in [0.15, 0.2) is 42.5 Å². The van der Waals surface area contributed by atoms with E-state index in [2.05, 4.69) is 10.3 Å². The second-order valence-corrected chi connectivity index (χ2v) is 6.31. The highest BCUT2D eigenvalue weighted by Gasteiger charge is 2.11. The number of carbonyl (C=O) groups is 1. The average Bonchev–Trinajstić information content (AvgIpc) is 2.98. The maximum atomic E-state index is 12.2. The van der Waals surface area contributed by atoms with Crippen molar-refractivity contribution in [3.05, 3.63) is 53.1 Å². The first-order chi connectivity index (χ1) is 11.2. The van der Waals surface area contributed by atoms with Gasteiger partial charge in [-0.3, -0.25) is 4.79 Å². The number of benzene rings is 2. The van der Waals surface area contributed by atoms with Crippen molar-refractivity contribution in [2.75, 3.05) is 18.5 Å². The minimum absolute atomic E-state index is 0. The number of Topliss-reactive ketones (excluding diaryl/α,β-unsaturated/α-hetero) is 1. The van der Waals surface area contributed by atoms with E-state index < -0.39 is 0 Å². The summed E-state index contributed by atoms with van der Waals surface area (Å²) >= 11 is 7.33. The fourth-order valence-electron chi connectivity index (χ4n) is 2.16. The second kappa shape index (κ2) is 8.46. The van der Waals surface area contributed by atoms with Crippen LogP contribution >= 0.6 is 39.9 Å². The van der Waals surface area contributed by atoms with Crippen LogP contribution in [-0.4, -0.2) is 23.9 Å². The maximum Gasteiger partial charge on any atom is 0.184 e. The number of hydrogen-bond acceptors (Lipinski definition) is 5. The molecule has 126 valence electrons. The fraction of sp³-hybridized carbons (Fsp3) is 0.176. The number of hydrogen-bond donors (Lipinski definition) is 1. The van der Waals surface area contributed by atoms with Gasteiger partial charge in [-0.2, -0.15) is 0 Å². The van der Waals surface area contributed by atoms with Gasteiger partial charge in [0, 0.05) is 10.6 Å². The molecule has 3 aromatic rings. The van der Waals surface area contributed by atoms with Crippen molar-refractivity contribution in [3.8, 4) is 5.75 Å². The Kier molecular flexibility index (Phi) is 6.60. The number of ether oxygens (including phenoxy) is 1. The lowest BCUT2D eigenvalue weighted by molar-refractivity contribution is 0.101. The predicted octanol–water partition coefficient (Wildman–Crippen LogP) is 5.22. The number of anilines is 1. The van der Waals surface area contributed by atoms with Crippen LogP contribution in [0.3, 0.4) is 0 Å². The highest BCUT2D eigenvalue weighted by molar-refractivity contribution is 8.93. The largest absolute Gasteiger partial charge is 0.492 e. The van der Waals surface area contributed by atoms with Crippen LogP contribution in [0.25, 0.3) is 10.2 Å². The number of thiazole rings is 1. The maximum absolute atomic E-state index is 12.2. The molecule has 0 bridgehead atoms. The van der Waals surface area contributed by atoms with Gasteiger partial charge < -0.3 is 10.1 Å². The van der Waals surface area contributed by atoms with Gasteiger partial charge in [0.15, 0.2) is 10.9 Å². The zero-order valence-corrected chi connectivity index (χ0v) is 16.2. The summed E-state index contributed by atoms with van der Waals surface area (Å²) in [7, 11) is 0. The molecule has 0 radical (unpaired) electrons. The number of rotatable bonds is 6. The molecule has 0 saturated carbocycles. The van der Waals surface area contributed by atoms with E-state index in [1.54, 1.807) is 24.3 Å². The monoisotopic (exact) mass is 426 g/mol. The number of aromatic nitrogens is 1. The summed E-state index contributed by atoms with van der Waals surface area (Å²) in [5.41, 5.74) is 1.44. The van der Waals surface area contributed by atoms with E-state index in [-0.39, 0.29) is 29.3 Å². The molecule has 4 nitrogen and oxygen atoms in total. The van der Waals surface area contributed by atoms with Gasteiger partial charge in [-0.15, -0.1) is 17.0 Å². The summed E-state index contributed by atoms with van der Waals surface area (Å²) in [5, 5.41) is 4.40. The fourth-order valence-corrected chi connectivity index (χ4v) is 3.17. The normalized spacial score (nSPS) is 10.2. The number of halogens is 2. The summed E-state index contributed by atoms with van der Waals surface area (Å²) in [6, 6.07) is 12.7. The molecule has 0 unspecified atom stereocenters. The lowest BCUT2D eigenvalue weighted by atomic mass is 10.1. The first-order valence-corrected chi connectivity index (χ1v) is 8.42. The standard InChI is InChI=1S/C17H15ClN2O2S.BrH/c1-2-22-14-4-3-5-15-16(14)20-17(23-15)19-10-13(21)11-6-8-12(18)9-7-11;/h3-9H,2,10H2,1H3,(H,19,20);1H. The smallest absolute Gasteiger partial charge is 0.184 e. The van der Waals surface area contributed by atoms with Crippen LogP contribution in [0.2, 0.25) is 5.02 Å². The van der Waals surface area contributed by atoms with Gasteiger partial charge in [0.1, 0.15) is 11.3 Å². The molecular weight excluding hydrogens is 412 g/mol. The molecule has 1 heterocycles. The van der Waals surface area contributed by atoms with Crippen LogP contribution in [-0.2, 0) is 0 Å². The van der Waals surface area contributed by atoms with Gasteiger partial charge >= 0.3 is 0 Å². The predicted molar refractivity (Wildman–Crippen MR) is 105 cm³/mol. The number of nitrogens with one attached hydrogen (secondary N) is 1. The number of ketones is 1. The Labute approximate surface area is 159 Å². The molecule has 0 amide bonds. The number of nitrogens with zero attached hydrogens (tertiary/aromatic N) is 1. The van der Waals surface area contributed by atoms with Crippen molar-refractivity contribution >= 4 is 61.1 Å². The molecular formula is C17H16BrClN2O2S. The van der Waals surface area contributed by atoms with E-state index in [0.29, 0.717) is 22.3 Å². The topological polar surface area (TPSA) is 51.2 Å². The molecule has 0 saturated heterocycles. The van der Waals surface area contributed by atoms with E-state index in [4.69, 9.17) is 16.3 Å². The summed E-state index contributed by atoms with van der Waals surface area (Å²) < 4.78 is 6.60. The van der Waals surface area contributed by atoms with Crippen LogP contribution in [0, 0.1) is 0 Å². The molecule has 0 aliphatic heterocycles. The van der Waals surface area contributed by atoms with Gasteiger partial charge in [-0.1, -0.05) is 29.0 Å². The molecule has 7 heteroatoms. The number of carbonyl (C=O) groups excluding carboxylic acids is 1. The van der Waals surface area contributed by atoms with Crippen LogP contribution in [0.1, 0.15) is 17.3 Å². The Morgan fingerprint density at radius 2 is 2.00 bits per heavy atom. The third-order valence-electron chi connectivity index (χ3n) is 3.25. The molecule has 3 rings (SSSR count). The molecule has 0 atom stereocenters. The Morgan fingerprint density at radius 1 is 1.25 bits per heavy atom. The Bertz CT molecular complexity index is 836. The van der Waals surface area contributed by atoms with Gasteiger partial charge in [0.05, 0.1) is 17.9 Å². The van der Waals surface area contributed by atoms with E-state index in [0.717, 1.165) is 16.0 Å². The van der Waals surface area contributed by atoms with Gasteiger partial charge in [-0.05, 0) is 43.3 Å². The molecule has 0 spiro atoms. The van der Waals surface area contributed by atoms with Gasteiger partial charge in [-0.25, -0.2) is 4.98 Å². The van der Waals surface area contributed by atoms with Crippen molar-refractivity contribution in [1.29, 1.82) is 0 Å². The molecule has 0 aliphatic rings. The Hall–Kier alpha value is -1.63. The third-order valence-corrected chi connectivity index (χ3v) is 4.48. The third kappa shape index (κ3) is 4.26. The summed E-state index contributed by atoms with van der Waals surface area (Å²) in [6.45, 7) is 2.72. The Balaban J connectivity index is 0.00000208. The highest BCUT2D eigenvalue weighted by atomic mass is 79.9. The lowest BCUT2D eigenvalue weighted by Gasteiger charge is -2.03. The van der Waals surface area contributed by atoms with Gasteiger partial charge in [0.2, 0.25) is 0 Å². The SMILES string of the molecule is Br.CCOc1cccc2sc(NCC(=O)c3ccc(Cl)cc3)nc12. The Morgan fingerprint density at radius 3 is 2.71 bits per heavy atom. The molecule has 0 aliphatic carbocycles. The van der Waals surface area contributed by atoms with Crippen LogP contribution < -0.4 is 10.1 Å². The molecule has 0 fully saturated rings. The first-order valence-electron chi connectivity index (χ1n) is 7.22. The van der Waals surface area contributed by atoms with Crippen molar-refractivity contribution in [2.24, 2.45) is 0 Å². The van der Waals surface area contributed by atoms with E-state index in [1.807, 2.05) is 25.1 Å². The van der Waals surface area contributed by atoms with Crippen molar-refractivity contribution < 1.29 is 9.53 Å². The number of fused-ring (bicyclic) bond motifs is 1. The molecule has 1 N–H and O–H groups in total. The lowest BCUT2D eigenvalue weighted by Crippen LogP contribution is -2.13. The van der Waals surface area contributed by atoms with Crippen molar-refractivity contribution in [1.82, 2.24) is 4.98 Å². The summed E-state index contributed by atoms with van der Waals surface area (Å²) in [5.74, 6) is 0.754. The summed E-state index contributed by atoms with van der Waals surface area (Å²) in [6.07, 6.45) is 0. The zero-order chi connectivity index (χ0) is 16.2. The number of para-hydroxylation sites is 1. The van der Waals surface area contributed by atoms with E-state index >= 15 is 0 Å². The minimum Gasteiger partial charge on any atom is -0.492 e. The average molecular weight is 428 g/mol. The van der Waals surface area contributed by atoms with E-state index in [1.165, 1.54) is 11.3 Å². The molecule has 2 aromatic carbocycles. The van der Waals surface area contributed by atoms with Crippen molar-refractivity contribution in [3.63, 3.8) is 0 Å². The summed E-state index contributed by atoms with van der Waals surface area (Å²) in [4.78, 5) is 16.7. The quantitative estimate of drug-likeness (QED) is 0.548. The second-order valence-electron chi connectivity index (χ2n) is 4.84. The highest BCUT2D eigenvalue weighted by Crippen LogP contribution is 2.32. The molecule has 24 heavy (non-hydrogen) atoms. The van der Waals surface area contributed by atoms with Crippen LogP contribution in [0.5, 0.6) is 5.75 Å². The molecule has 1 aromatic heterocycles. The van der Waals surface area contributed by atoms with E-state index in [9.17, 15) is 4.79 Å². The van der Waals surface area contributed by atoms with Crippen LogP contribution in [0.4, 0.5) is 5.13 Å². The minimum atomic E-state index is -0.00838. The first kappa shape index (κ1) is 18.7. The zero-order valence-electron chi connectivity index (χ0n) is 12.9. The van der Waals surface area contributed by atoms with Gasteiger partial charge in [0.25, 0.3) is 0 Å². The van der Waals surface area contributed by atoms with Crippen molar-refractivity contribution in [2.45, 2.75) is 6.92 Å².